The van der Waals surface area contributed by atoms with E-state index < -0.39 is 0 Å². The van der Waals surface area contributed by atoms with Crippen molar-refractivity contribution in [2.24, 2.45) is 0 Å². The van der Waals surface area contributed by atoms with Gasteiger partial charge >= 0.3 is 5.97 Å². The number of ether oxygens (including phenoxy) is 1. The minimum atomic E-state index is -0.246. The van der Waals surface area contributed by atoms with Crippen molar-refractivity contribution in [1.29, 1.82) is 0 Å². The summed E-state index contributed by atoms with van der Waals surface area (Å²) in [6.45, 7) is 2.04. The number of nitrogens with one attached hydrogen (secondary N) is 2. The number of aromatic nitrogens is 6. The number of thiophene rings is 1. The second-order valence-electron chi connectivity index (χ2n) is 8.44. The molecule has 5 heterocycles. The molecule has 5 aromatic heterocycles. The Morgan fingerprint density at radius 1 is 1.06 bits per heavy atom. The van der Waals surface area contributed by atoms with Crippen LogP contribution in [0.15, 0.2) is 66.4 Å². The highest BCUT2D eigenvalue weighted by molar-refractivity contribution is 7.13. The van der Waals surface area contributed by atoms with Crippen molar-refractivity contribution in [3.05, 3.63) is 66.4 Å². The van der Waals surface area contributed by atoms with Gasteiger partial charge in [-0.05, 0) is 47.7 Å². The summed E-state index contributed by atoms with van der Waals surface area (Å²) in [4.78, 5) is 30.2. The molecule has 0 saturated heterocycles. The Morgan fingerprint density at radius 3 is 2.86 bits per heavy atom. The van der Waals surface area contributed by atoms with Crippen LogP contribution >= 0.6 is 11.3 Å². The number of H-pyrrole nitrogens is 2. The number of nitrogens with zero attached hydrogens (tertiary/aromatic N) is 4. The van der Waals surface area contributed by atoms with E-state index in [0.717, 1.165) is 62.2 Å². The van der Waals surface area contributed by atoms with Gasteiger partial charge in [-0.25, -0.2) is 4.98 Å². The Labute approximate surface area is 210 Å². The molecular formula is C27H22N6O2S. The molecule has 0 saturated carbocycles. The Balaban J connectivity index is 1.37. The molecule has 0 radical (unpaired) electrons. The van der Waals surface area contributed by atoms with E-state index in [9.17, 15) is 4.79 Å². The summed E-state index contributed by atoms with van der Waals surface area (Å²) in [6.07, 6.45) is 7.24. The molecule has 178 valence electrons. The molecule has 1 aromatic carbocycles. The molecule has 6 aromatic rings. The molecular weight excluding hydrogens is 472 g/mol. The lowest BCUT2D eigenvalue weighted by Gasteiger charge is -2.06. The van der Waals surface area contributed by atoms with Crippen LogP contribution in [0, 0.1) is 0 Å². The predicted molar refractivity (Wildman–Crippen MR) is 141 cm³/mol. The molecule has 0 aliphatic rings. The molecule has 2 N–H and O–H groups in total. The standard InChI is InChI=1S/C27H22N6O2S/c1-2-3-6-23(34)35-18-12-17(14-28-15-18)16-7-8-20-19(13-16)24(33-32-20)27-30-21-9-10-29-26(25(21)31-27)22-5-4-11-36-22/h4-5,7-15H,2-3,6H2,1H3,(H,30,31)(H,32,33). The van der Waals surface area contributed by atoms with E-state index in [0.29, 0.717) is 18.0 Å². The van der Waals surface area contributed by atoms with Crippen LogP contribution in [0.3, 0.4) is 0 Å². The number of carbonyl (C=O) groups excluding carboxylic acids is 1. The monoisotopic (exact) mass is 494 g/mol. The zero-order chi connectivity index (χ0) is 24.5. The van der Waals surface area contributed by atoms with E-state index in [-0.39, 0.29) is 5.97 Å². The number of hydrogen-bond donors (Lipinski definition) is 2. The topological polar surface area (TPSA) is 109 Å². The minimum Gasteiger partial charge on any atom is -0.425 e. The van der Waals surface area contributed by atoms with E-state index in [2.05, 4.69) is 25.1 Å². The van der Waals surface area contributed by atoms with Crippen LogP contribution in [-0.4, -0.2) is 36.1 Å². The Kier molecular flexibility index (Phi) is 5.74. The molecule has 0 spiro atoms. The fourth-order valence-electron chi connectivity index (χ4n) is 4.15. The molecule has 0 bridgehead atoms. The number of unbranched alkanes of at least 4 members (excludes halogenated alkanes) is 1. The van der Waals surface area contributed by atoms with Gasteiger partial charge in [0.05, 0.1) is 22.1 Å². The zero-order valence-corrected chi connectivity index (χ0v) is 20.3. The molecule has 0 aliphatic heterocycles. The third kappa shape index (κ3) is 4.14. The molecule has 0 atom stereocenters. The lowest BCUT2D eigenvalue weighted by atomic mass is 10.0. The first kappa shape index (κ1) is 22.1. The number of aromatic amines is 2. The second kappa shape index (κ2) is 9.35. The third-order valence-electron chi connectivity index (χ3n) is 5.96. The van der Waals surface area contributed by atoms with E-state index in [4.69, 9.17) is 9.72 Å². The van der Waals surface area contributed by atoms with Gasteiger partial charge in [0.1, 0.15) is 22.7 Å². The van der Waals surface area contributed by atoms with Crippen LogP contribution < -0.4 is 4.74 Å². The van der Waals surface area contributed by atoms with Crippen LogP contribution in [0.4, 0.5) is 0 Å². The summed E-state index contributed by atoms with van der Waals surface area (Å²) in [7, 11) is 0. The summed E-state index contributed by atoms with van der Waals surface area (Å²) in [5.74, 6) is 0.854. The van der Waals surface area contributed by atoms with Crippen LogP contribution in [0.25, 0.3) is 55.2 Å². The van der Waals surface area contributed by atoms with Crippen molar-refractivity contribution >= 4 is 39.2 Å². The number of hydrogen-bond acceptors (Lipinski definition) is 7. The summed E-state index contributed by atoms with van der Waals surface area (Å²) in [6, 6.07) is 13.8. The Bertz CT molecular complexity index is 1690. The van der Waals surface area contributed by atoms with E-state index in [1.165, 1.54) is 0 Å². The first-order valence-electron chi connectivity index (χ1n) is 11.7. The largest absolute Gasteiger partial charge is 0.425 e. The second-order valence-corrected chi connectivity index (χ2v) is 9.39. The Morgan fingerprint density at radius 2 is 2.00 bits per heavy atom. The quantitative estimate of drug-likeness (QED) is 0.249. The van der Waals surface area contributed by atoms with Crippen molar-refractivity contribution in [3.8, 4) is 39.0 Å². The van der Waals surface area contributed by atoms with Crippen LogP contribution in [-0.2, 0) is 4.79 Å². The zero-order valence-electron chi connectivity index (χ0n) is 19.5. The van der Waals surface area contributed by atoms with E-state index >= 15 is 0 Å². The highest BCUT2D eigenvalue weighted by Gasteiger charge is 2.17. The van der Waals surface area contributed by atoms with Crippen molar-refractivity contribution < 1.29 is 9.53 Å². The van der Waals surface area contributed by atoms with Crippen molar-refractivity contribution in [2.45, 2.75) is 26.2 Å². The van der Waals surface area contributed by atoms with Crippen molar-refractivity contribution in [1.82, 2.24) is 30.1 Å². The highest BCUT2D eigenvalue weighted by Crippen LogP contribution is 2.33. The van der Waals surface area contributed by atoms with Crippen LogP contribution in [0.5, 0.6) is 5.75 Å². The lowest BCUT2D eigenvalue weighted by molar-refractivity contribution is -0.134. The van der Waals surface area contributed by atoms with Gasteiger partial charge in [0.15, 0.2) is 5.82 Å². The summed E-state index contributed by atoms with van der Waals surface area (Å²) >= 11 is 1.63. The smallest absolute Gasteiger partial charge is 0.311 e. The third-order valence-corrected chi connectivity index (χ3v) is 6.83. The van der Waals surface area contributed by atoms with Crippen molar-refractivity contribution in [3.63, 3.8) is 0 Å². The van der Waals surface area contributed by atoms with Gasteiger partial charge in [-0.3, -0.25) is 19.9 Å². The van der Waals surface area contributed by atoms with Gasteiger partial charge in [-0.15, -0.1) is 11.3 Å². The number of pyridine rings is 2. The summed E-state index contributed by atoms with van der Waals surface area (Å²) < 4.78 is 5.48. The summed E-state index contributed by atoms with van der Waals surface area (Å²) in [5, 5.41) is 10.6. The van der Waals surface area contributed by atoms with Crippen LogP contribution in [0.2, 0.25) is 0 Å². The number of benzene rings is 1. The molecule has 0 fully saturated rings. The maximum absolute atomic E-state index is 12.1. The fourth-order valence-corrected chi connectivity index (χ4v) is 4.87. The predicted octanol–water partition coefficient (Wildman–Crippen LogP) is 6.39. The van der Waals surface area contributed by atoms with E-state index in [1.54, 1.807) is 29.9 Å². The van der Waals surface area contributed by atoms with Gasteiger partial charge in [0.25, 0.3) is 0 Å². The maximum Gasteiger partial charge on any atom is 0.311 e. The molecule has 6 rings (SSSR count). The van der Waals surface area contributed by atoms with Crippen molar-refractivity contribution in [2.75, 3.05) is 0 Å². The average Bonchev–Trinajstić information content (AvgIpc) is 3.66. The number of fused-ring (bicyclic) bond motifs is 2. The first-order valence-corrected chi connectivity index (χ1v) is 12.6. The number of carbonyl (C=O) groups is 1. The van der Waals surface area contributed by atoms with Gasteiger partial charge in [-0.1, -0.05) is 25.5 Å². The molecule has 0 amide bonds. The van der Waals surface area contributed by atoms with Gasteiger partial charge in [-0.2, -0.15) is 5.10 Å². The highest BCUT2D eigenvalue weighted by atomic mass is 32.1. The fraction of sp³-hybridized carbons (Fsp3) is 0.148. The SMILES string of the molecule is CCCCC(=O)Oc1cncc(-c2ccc3[nH]nc(-c4nc5c(-c6cccs6)nccc5[nH]4)c3c2)c1. The molecule has 9 heteroatoms. The number of rotatable bonds is 7. The first-order chi connectivity index (χ1) is 17.7. The normalized spacial score (nSPS) is 11.4. The van der Waals surface area contributed by atoms with Gasteiger partial charge in [0, 0.05) is 29.8 Å². The summed E-state index contributed by atoms with van der Waals surface area (Å²) in [5.41, 5.74) is 5.94. The lowest BCUT2D eigenvalue weighted by Crippen LogP contribution is -2.07. The minimum absolute atomic E-state index is 0.246. The molecule has 36 heavy (non-hydrogen) atoms. The van der Waals surface area contributed by atoms with E-state index in [1.807, 2.05) is 54.8 Å². The number of imidazole rings is 1. The maximum atomic E-state index is 12.1. The van der Waals surface area contributed by atoms with Gasteiger partial charge in [0.2, 0.25) is 0 Å². The number of esters is 1. The molecule has 0 unspecified atom stereocenters. The van der Waals surface area contributed by atoms with Gasteiger partial charge < -0.3 is 9.72 Å². The molecule has 8 nitrogen and oxygen atoms in total. The Hall–Kier alpha value is -4.37. The van der Waals surface area contributed by atoms with Crippen LogP contribution in [0.1, 0.15) is 26.2 Å². The average molecular weight is 495 g/mol. The molecule has 0 aliphatic carbocycles.